The number of hydrogen-bond donors (Lipinski definition) is 2. The number of anilines is 2. The summed E-state index contributed by atoms with van der Waals surface area (Å²) in [6, 6.07) is 19.8. The lowest BCUT2D eigenvalue weighted by molar-refractivity contribution is -0.124. The Morgan fingerprint density at radius 2 is 1.62 bits per heavy atom. The molecule has 5 nitrogen and oxygen atoms in total. The molecule has 4 bridgehead atoms. The van der Waals surface area contributed by atoms with E-state index in [2.05, 4.69) is 10.6 Å². The van der Waals surface area contributed by atoms with Crippen molar-refractivity contribution < 1.29 is 9.53 Å². The highest BCUT2D eigenvalue weighted by molar-refractivity contribution is 6.02. The summed E-state index contributed by atoms with van der Waals surface area (Å²) in [5, 5.41) is 7.61. The van der Waals surface area contributed by atoms with E-state index in [4.69, 9.17) is 9.72 Å². The second kappa shape index (κ2) is 8.94. The van der Waals surface area contributed by atoms with E-state index >= 15 is 0 Å². The van der Waals surface area contributed by atoms with Crippen molar-refractivity contribution in [3.63, 3.8) is 0 Å². The largest absolute Gasteiger partial charge is 0.492 e. The van der Waals surface area contributed by atoms with Crippen molar-refractivity contribution in [1.29, 1.82) is 0 Å². The van der Waals surface area contributed by atoms with Crippen LogP contribution >= 0.6 is 0 Å². The van der Waals surface area contributed by atoms with Crippen LogP contribution in [-0.4, -0.2) is 24.0 Å². The summed E-state index contributed by atoms with van der Waals surface area (Å²) in [6.07, 6.45) is 8.60. The summed E-state index contributed by atoms with van der Waals surface area (Å²) >= 11 is 0. The summed E-state index contributed by atoms with van der Waals surface area (Å²) in [6.45, 7) is 1.16. The Morgan fingerprint density at radius 3 is 2.35 bits per heavy atom. The van der Waals surface area contributed by atoms with Gasteiger partial charge in [-0.25, -0.2) is 4.98 Å². The number of ether oxygens (including phenoxy) is 1. The fourth-order valence-electron chi connectivity index (χ4n) is 7.28. The molecule has 4 aliphatic carbocycles. The molecular formula is C29H33N3O2. The van der Waals surface area contributed by atoms with E-state index in [9.17, 15) is 4.79 Å². The lowest BCUT2D eigenvalue weighted by atomic mass is 9.49. The van der Waals surface area contributed by atoms with Crippen LogP contribution in [0.25, 0.3) is 10.9 Å². The molecule has 2 N–H and O–H groups in total. The molecule has 1 amide bonds. The van der Waals surface area contributed by atoms with Crippen LogP contribution in [0.15, 0.2) is 60.7 Å². The number of amides is 1. The molecule has 0 unspecified atom stereocenters. The fourth-order valence-corrected chi connectivity index (χ4v) is 7.28. The smallest absolute Gasteiger partial charge is 0.224 e. The predicted molar refractivity (Wildman–Crippen MR) is 136 cm³/mol. The van der Waals surface area contributed by atoms with Crippen molar-refractivity contribution in [1.82, 2.24) is 4.98 Å². The van der Waals surface area contributed by atoms with Crippen LogP contribution in [0.2, 0.25) is 0 Å². The molecule has 5 heteroatoms. The molecule has 4 aliphatic rings. The number of carbonyl (C=O) groups excluding carboxylic acids is 1. The molecule has 176 valence electrons. The minimum Gasteiger partial charge on any atom is -0.492 e. The molecule has 34 heavy (non-hydrogen) atoms. The van der Waals surface area contributed by atoms with Gasteiger partial charge in [0.05, 0.1) is 17.7 Å². The zero-order valence-corrected chi connectivity index (χ0v) is 19.6. The molecule has 3 aromatic rings. The van der Waals surface area contributed by atoms with Crippen LogP contribution < -0.4 is 15.4 Å². The summed E-state index contributed by atoms with van der Waals surface area (Å²) in [7, 11) is 0. The van der Waals surface area contributed by atoms with E-state index < -0.39 is 0 Å². The molecular weight excluding hydrogens is 422 g/mol. The van der Waals surface area contributed by atoms with Gasteiger partial charge < -0.3 is 15.4 Å². The van der Waals surface area contributed by atoms with E-state index in [0.717, 1.165) is 45.9 Å². The third-order valence-electron chi connectivity index (χ3n) is 8.11. The topological polar surface area (TPSA) is 63.2 Å². The second-order valence-electron chi connectivity index (χ2n) is 10.8. The highest BCUT2D eigenvalue weighted by atomic mass is 16.5. The maximum absolute atomic E-state index is 13.3. The van der Waals surface area contributed by atoms with Gasteiger partial charge in [-0.05, 0) is 79.9 Å². The summed E-state index contributed by atoms with van der Waals surface area (Å²) < 4.78 is 5.78. The van der Waals surface area contributed by atoms with Crippen molar-refractivity contribution in [2.24, 2.45) is 23.2 Å². The SMILES string of the molecule is O=C(CC12CC3CC(CC(C3)C1)C2)Nc1cc(NCCOc2ccccc2)nc2ccccc12. The Morgan fingerprint density at radius 1 is 0.941 bits per heavy atom. The molecule has 0 aliphatic heterocycles. The van der Waals surface area contributed by atoms with E-state index in [0.29, 0.717) is 19.6 Å². The van der Waals surface area contributed by atoms with Crippen LogP contribution in [0, 0.1) is 23.2 Å². The quantitative estimate of drug-likeness (QED) is 0.393. The van der Waals surface area contributed by atoms with Crippen molar-refractivity contribution in [2.45, 2.75) is 44.9 Å². The normalized spacial score (nSPS) is 27.0. The number of nitrogens with one attached hydrogen (secondary N) is 2. The second-order valence-corrected chi connectivity index (χ2v) is 10.8. The number of pyridine rings is 1. The third kappa shape index (κ3) is 4.48. The Balaban J connectivity index is 1.14. The lowest BCUT2D eigenvalue weighted by Gasteiger charge is -2.56. The first kappa shape index (κ1) is 21.5. The van der Waals surface area contributed by atoms with Crippen molar-refractivity contribution in [3.8, 4) is 5.75 Å². The number of rotatable bonds is 8. The van der Waals surface area contributed by atoms with Crippen LogP contribution in [0.3, 0.4) is 0 Å². The van der Waals surface area contributed by atoms with Gasteiger partial charge in [0.2, 0.25) is 5.91 Å². The van der Waals surface area contributed by atoms with Gasteiger partial charge in [0, 0.05) is 17.9 Å². The van der Waals surface area contributed by atoms with Crippen LogP contribution in [0.4, 0.5) is 11.5 Å². The lowest BCUT2D eigenvalue weighted by Crippen LogP contribution is -2.47. The Hall–Kier alpha value is -3.08. The minimum absolute atomic E-state index is 0.150. The summed E-state index contributed by atoms with van der Waals surface area (Å²) in [5.74, 6) is 4.32. The van der Waals surface area contributed by atoms with Crippen LogP contribution in [0.5, 0.6) is 5.75 Å². The molecule has 4 saturated carbocycles. The van der Waals surface area contributed by atoms with Gasteiger partial charge in [0.1, 0.15) is 18.2 Å². The Kier molecular flexibility index (Phi) is 5.64. The first-order valence-corrected chi connectivity index (χ1v) is 12.8. The van der Waals surface area contributed by atoms with Crippen molar-refractivity contribution >= 4 is 28.3 Å². The molecule has 1 heterocycles. The molecule has 0 saturated heterocycles. The first-order valence-electron chi connectivity index (χ1n) is 12.8. The number of fused-ring (bicyclic) bond motifs is 1. The average Bonchev–Trinajstić information content (AvgIpc) is 2.81. The van der Waals surface area contributed by atoms with Crippen molar-refractivity contribution in [2.75, 3.05) is 23.8 Å². The summed E-state index contributed by atoms with van der Waals surface area (Å²) in [5.41, 5.74) is 1.95. The van der Waals surface area contributed by atoms with E-state index in [1.165, 1.54) is 38.5 Å². The van der Waals surface area contributed by atoms with E-state index in [-0.39, 0.29) is 11.3 Å². The zero-order valence-electron chi connectivity index (χ0n) is 19.6. The Bertz CT molecular complexity index is 1140. The summed E-state index contributed by atoms with van der Waals surface area (Å²) in [4.78, 5) is 18.0. The van der Waals surface area contributed by atoms with E-state index in [1.807, 2.05) is 60.7 Å². The molecule has 2 aromatic carbocycles. The highest BCUT2D eigenvalue weighted by Crippen LogP contribution is 2.61. The number of aromatic nitrogens is 1. The standard InChI is InChI=1S/C29H33N3O2/c33-28(19-29-16-20-12-21(17-29)14-22(13-20)18-29)32-26-15-27(31-25-9-5-4-8-24(25)26)30-10-11-34-23-6-2-1-3-7-23/h1-9,15,20-22H,10-14,16-19H2,(H2,30,31,32,33). The third-order valence-corrected chi connectivity index (χ3v) is 8.11. The molecule has 0 spiro atoms. The van der Waals surface area contributed by atoms with Gasteiger partial charge in [0.25, 0.3) is 0 Å². The number of nitrogens with zero attached hydrogens (tertiary/aromatic N) is 1. The maximum atomic E-state index is 13.3. The number of hydrogen-bond acceptors (Lipinski definition) is 4. The average molecular weight is 456 g/mol. The fraction of sp³-hybridized carbons (Fsp3) is 0.448. The van der Waals surface area contributed by atoms with Crippen molar-refractivity contribution in [3.05, 3.63) is 60.7 Å². The van der Waals surface area contributed by atoms with E-state index in [1.54, 1.807) is 0 Å². The maximum Gasteiger partial charge on any atom is 0.224 e. The van der Waals surface area contributed by atoms with Gasteiger partial charge in [-0.15, -0.1) is 0 Å². The number of para-hydroxylation sites is 2. The Labute approximate surface area is 201 Å². The zero-order chi connectivity index (χ0) is 23.0. The predicted octanol–water partition coefficient (Wildman–Crippen LogP) is 6.27. The molecule has 0 radical (unpaired) electrons. The molecule has 4 fully saturated rings. The van der Waals surface area contributed by atoms with Gasteiger partial charge in [-0.2, -0.15) is 0 Å². The monoisotopic (exact) mass is 455 g/mol. The molecule has 1 aromatic heterocycles. The van der Waals surface area contributed by atoms with Gasteiger partial charge in [-0.1, -0.05) is 36.4 Å². The van der Waals surface area contributed by atoms with Gasteiger partial charge >= 0.3 is 0 Å². The number of carbonyl (C=O) groups is 1. The van der Waals surface area contributed by atoms with Crippen LogP contribution in [0.1, 0.15) is 44.9 Å². The minimum atomic E-state index is 0.150. The highest BCUT2D eigenvalue weighted by Gasteiger charge is 2.51. The molecule has 0 atom stereocenters. The number of benzene rings is 2. The van der Waals surface area contributed by atoms with Crippen LogP contribution in [-0.2, 0) is 4.79 Å². The molecule has 7 rings (SSSR count). The van der Waals surface area contributed by atoms with Gasteiger partial charge in [0.15, 0.2) is 0 Å². The van der Waals surface area contributed by atoms with Gasteiger partial charge in [-0.3, -0.25) is 4.79 Å². The first-order chi connectivity index (χ1) is 16.6.